The van der Waals surface area contributed by atoms with Crippen molar-refractivity contribution in [3.8, 4) is 11.5 Å². The highest BCUT2D eigenvalue weighted by Crippen LogP contribution is 2.31. The van der Waals surface area contributed by atoms with E-state index in [4.69, 9.17) is 21.1 Å². The number of carbonyl (C=O) groups excluding carboxylic acids is 1. The first-order chi connectivity index (χ1) is 10.2. The molecule has 0 aliphatic carbocycles. The molecule has 0 saturated heterocycles. The first-order valence-corrected chi connectivity index (χ1v) is 6.81. The van der Waals surface area contributed by atoms with Crippen LogP contribution >= 0.6 is 11.6 Å². The largest absolute Gasteiger partial charge is 0.490 e. The number of benzene rings is 2. The zero-order chi connectivity index (χ0) is 15.2. The van der Waals surface area contributed by atoms with Crippen LogP contribution in [0.2, 0.25) is 5.02 Å². The number of halogens is 2. The second-order valence-corrected chi connectivity index (χ2v) is 4.69. The Kier molecular flexibility index (Phi) is 5.17. The SMILES string of the molecule is CCOc1cccc(C=O)c1OCc1ccc(Cl)cc1F. The molecule has 2 aromatic carbocycles. The lowest BCUT2D eigenvalue weighted by Gasteiger charge is -2.14. The Bertz CT molecular complexity index is 643. The molecule has 0 spiro atoms. The van der Waals surface area contributed by atoms with E-state index >= 15 is 0 Å². The van der Waals surface area contributed by atoms with Crippen LogP contribution in [0, 0.1) is 5.82 Å². The van der Waals surface area contributed by atoms with Crippen LogP contribution in [0.4, 0.5) is 4.39 Å². The molecule has 21 heavy (non-hydrogen) atoms. The summed E-state index contributed by atoms with van der Waals surface area (Å²) in [6, 6.07) is 9.35. The van der Waals surface area contributed by atoms with E-state index < -0.39 is 5.82 Å². The number of hydrogen-bond acceptors (Lipinski definition) is 3. The Balaban J connectivity index is 2.24. The summed E-state index contributed by atoms with van der Waals surface area (Å²) in [6.45, 7) is 2.25. The van der Waals surface area contributed by atoms with Crippen LogP contribution in [0.5, 0.6) is 11.5 Å². The molecule has 2 aromatic rings. The third kappa shape index (κ3) is 3.73. The summed E-state index contributed by atoms with van der Waals surface area (Å²) in [5, 5.41) is 0.319. The third-order valence-electron chi connectivity index (χ3n) is 2.82. The number of rotatable bonds is 6. The Morgan fingerprint density at radius 3 is 2.71 bits per heavy atom. The van der Waals surface area contributed by atoms with Crippen molar-refractivity contribution in [2.75, 3.05) is 6.61 Å². The first kappa shape index (κ1) is 15.3. The molecule has 110 valence electrons. The van der Waals surface area contributed by atoms with E-state index in [9.17, 15) is 9.18 Å². The fraction of sp³-hybridized carbons (Fsp3) is 0.188. The maximum Gasteiger partial charge on any atom is 0.172 e. The molecule has 5 heteroatoms. The van der Waals surface area contributed by atoms with Gasteiger partial charge in [-0.15, -0.1) is 0 Å². The highest BCUT2D eigenvalue weighted by Gasteiger charge is 2.12. The maximum absolute atomic E-state index is 13.7. The van der Waals surface area contributed by atoms with Gasteiger partial charge in [0.1, 0.15) is 12.4 Å². The molecule has 0 radical (unpaired) electrons. The number of hydrogen-bond donors (Lipinski definition) is 0. The number of carbonyl (C=O) groups is 1. The standard InChI is InChI=1S/C16H14ClFO3/c1-2-20-15-5-3-4-11(9-19)16(15)21-10-12-6-7-13(17)8-14(12)18/h3-9H,2,10H2,1H3. The van der Waals surface area contributed by atoms with Crippen LogP contribution in [-0.2, 0) is 6.61 Å². The Morgan fingerprint density at radius 2 is 2.05 bits per heavy atom. The van der Waals surface area contributed by atoms with Gasteiger partial charge in [0, 0.05) is 10.6 Å². The van der Waals surface area contributed by atoms with Crippen molar-refractivity contribution in [1.29, 1.82) is 0 Å². The van der Waals surface area contributed by atoms with Crippen LogP contribution in [-0.4, -0.2) is 12.9 Å². The van der Waals surface area contributed by atoms with Gasteiger partial charge in [0.05, 0.1) is 12.2 Å². The van der Waals surface area contributed by atoms with Gasteiger partial charge in [0.15, 0.2) is 17.8 Å². The summed E-state index contributed by atoms with van der Waals surface area (Å²) >= 11 is 5.70. The Morgan fingerprint density at radius 1 is 1.24 bits per heavy atom. The summed E-state index contributed by atoms with van der Waals surface area (Å²) < 4.78 is 24.7. The number of ether oxygens (including phenoxy) is 2. The topological polar surface area (TPSA) is 35.5 Å². The fourth-order valence-corrected chi connectivity index (χ4v) is 2.00. The number of para-hydroxylation sites is 1. The molecule has 0 aromatic heterocycles. The summed E-state index contributed by atoms with van der Waals surface area (Å²) in [5.41, 5.74) is 0.706. The minimum Gasteiger partial charge on any atom is -0.490 e. The predicted octanol–water partition coefficient (Wildman–Crippen LogP) is 4.27. The molecule has 2 rings (SSSR count). The van der Waals surface area contributed by atoms with E-state index in [1.54, 1.807) is 30.3 Å². The zero-order valence-corrected chi connectivity index (χ0v) is 12.2. The van der Waals surface area contributed by atoms with E-state index in [1.807, 2.05) is 6.92 Å². The van der Waals surface area contributed by atoms with Gasteiger partial charge in [-0.05, 0) is 31.2 Å². The van der Waals surface area contributed by atoms with Gasteiger partial charge in [-0.1, -0.05) is 23.7 Å². The van der Waals surface area contributed by atoms with E-state index in [0.29, 0.717) is 40.5 Å². The molecule has 0 saturated carbocycles. The average molecular weight is 309 g/mol. The minimum absolute atomic E-state index is 0.0199. The highest BCUT2D eigenvalue weighted by atomic mass is 35.5. The van der Waals surface area contributed by atoms with Gasteiger partial charge in [0.25, 0.3) is 0 Å². The monoisotopic (exact) mass is 308 g/mol. The van der Waals surface area contributed by atoms with Gasteiger partial charge in [-0.25, -0.2) is 4.39 Å². The lowest BCUT2D eigenvalue weighted by molar-refractivity contribution is 0.111. The van der Waals surface area contributed by atoms with Crippen molar-refractivity contribution in [2.45, 2.75) is 13.5 Å². The van der Waals surface area contributed by atoms with Crippen molar-refractivity contribution < 1.29 is 18.7 Å². The van der Waals surface area contributed by atoms with Crippen LogP contribution in [0.3, 0.4) is 0 Å². The predicted molar refractivity (Wildman–Crippen MR) is 78.7 cm³/mol. The molecule has 0 atom stereocenters. The molecule has 0 aliphatic heterocycles. The van der Waals surface area contributed by atoms with Gasteiger partial charge >= 0.3 is 0 Å². The molecule has 0 bridgehead atoms. The summed E-state index contributed by atoms with van der Waals surface area (Å²) in [7, 11) is 0. The number of aldehydes is 1. The lowest BCUT2D eigenvalue weighted by atomic mass is 10.2. The molecule has 0 unspecified atom stereocenters. The minimum atomic E-state index is -0.455. The normalized spacial score (nSPS) is 10.2. The maximum atomic E-state index is 13.7. The molecular weight excluding hydrogens is 295 g/mol. The molecule has 0 aliphatic rings. The van der Waals surface area contributed by atoms with Gasteiger partial charge < -0.3 is 9.47 Å². The second-order valence-electron chi connectivity index (χ2n) is 4.25. The van der Waals surface area contributed by atoms with Crippen molar-refractivity contribution >= 4 is 17.9 Å². The first-order valence-electron chi connectivity index (χ1n) is 6.43. The molecule has 0 N–H and O–H groups in total. The van der Waals surface area contributed by atoms with E-state index in [-0.39, 0.29) is 6.61 Å². The van der Waals surface area contributed by atoms with Crippen molar-refractivity contribution in [3.05, 3.63) is 58.4 Å². The molecule has 0 amide bonds. The highest BCUT2D eigenvalue weighted by molar-refractivity contribution is 6.30. The van der Waals surface area contributed by atoms with Crippen LogP contribution in [0.15, 0.2) is 36.4 Å². The third-order valence-corrected chi connectivity index (χ3v) is 3.06. The van der Waals surface area contributed by atoms with E-state index in [2.05, 4.69) is 0 Å². The molecule has 0 heterocycles. The van der Waals surface area contributed by atoms with Crippen LogP contribution in [0.25, 0.3) is 0 Å². The lowest BCUT2D eigenvalue weighted by Crippen LogP contribution is -2.03. The van der Waals surface area contributed by atoms with E-state index in [0.717, 1.165) is 0 Å². The van der Waals surface area contributed by atoms with Gasteiger partial charge in [-0.3, -0.25) is 4.79 Å². The van der Waals surface area contributed by atoms with Gasteiger partial charge in [-0.2, -0.15) is 0 Å². The van der Waals surface area contributed by atoms with Crippen LogP contribution in [0.1, 0.15) is 22.8 Å². The second kappa shape index (κ2) is 7.09. The van der Waals surface area contributed by atoms with Crippen molar-refractivity contribution in [3.63, 3.8) is 0 Å². The quantitative estimate of drug-likeness (QED) is 0.748. The average Bonchev–Trinajstić information content (AvgIpc) is 2.47. The van der Waals surface area contributed by atoms with Gasteiger partial charge in [0.2, 0.25) is 0 Å². The van der Waals surface area contributed by atoms with Crippen LogP contribution < -0.4 is 9.47 Å². The van der Waals surface area contributed by atoms with Crippen molar-refractivity contribution in [1.82, 2.24) is 0 Å². The molecule has 3 nitrogen and oxygen atoms in total. The Hall–Kier alpha value is -2.07. The summed E-state index contributed by atoms with van der Waals surface area (Å²) in [6.07, 6.45) is 0.677. The summed E-state index contributed by atoms with van der Waals surface area (Å²) in [4.78, 5) is 11.1. The smallest absolute Gasteiger partial charge is 0.172 e. The molecular formula is C16H14ClFO3. The Labute approximate surface area is 127 Å². The summed E-state index contributed by atoms with van der Waals surface area (Å²) in [5.74, 6) is 0.309. The van der Waals surface area contributed by atoms with Crippen molar-refractivity contribution in [2.24, 2.45) is 0 Å². The zero-order valence-electron chi connectivity index (χ0n) is 11.4. The molecule has 0 fully saturated rings. The van der Waals surface area contributed by atoms with E-state index in [1.165, 1.54) is 6.07 Å². The fourth-order valence-electron chi connectivity index (χ4n) is 1.84.